The predicted molar refractivity (Wildman–Crippen MR) is 63.1 cm³/mol. The van der Waals surface area contributed by atoms with Crippen molar-refractivity contribution in [2.45, 2.75) is 44.6 Å². The van der Waals surface area contributed by atoms with Gasteiger partial charge in [0, 0.05) is 6.54 Å². The van der Waals surface area contributed by atoms with Gasteiger partial charge in [-0.3, -0.25) is 0 Å². The van der Waals surface area contributed by atoms with Gasteiger partial charge in [0.25, 0.3) is 0 Å². The summed E-state index contributed by atoms with van der Waals surface area (Å²) in [6, 6.07) is 0. The van der Waals surface area contributed by atoms with E-state index >= 15 is 0 Å². The van der Waals surface area contributed by atoms with E-state index in [0.29, 0.717) is 6.54 Å². The first-order valence-electron chi connectivity index (χ1n) is 5.52. The number of anilines is 1. The zero-order valence-corrected chi connectivity index (χ0v) is 9.94. The van der Waals surface area contributed by atoms with Gasteiger partial charge in [-0.25, -0.2) is 0 Å². The Morgan fingerprint density at radius 3 is 2.60 bits per heavy atom. The van der Waals surface area contributed by atoms with Gasteiger partial charge in [0.1, 0.15) is 5.01 Å². The highest BCUT2D eigenvalue weighted by atomic mass is 32.1. The summed E-state index contributed by atoms with van der Waals surface area (Å²) in [5, 5.41) is 13.5. The molecule has 0 spiro atoms. The maximum atomic E-state index is 5.89. The number of nitrogens with zero attached hydrogens (tertiary/aromatic N) is 2. The predicted octanol–water partition coefficient (Wildman–Crippen LogP) is 1.92. The van der Waals surface area contributed by atoms with Crippen LogP contribution in [0.25, 0.3) is 0 Å². The fourth-order valence-corrected chi connectivity index (χ4v) is 2.89. The largest absolute Gasteiger partial charge is 0.353 e. The van der Waals surface area contributed by atoms with Crippen LogP contribution >= 0.6 is 11.3 Å². The van der Waals surface area contributed by atoms with Crippen molar-refractivity contribution in [2.75, 3.05) is 11.9 Å². The van der Waals surface area contributed by atoms with Crippen molar-refractivity contribution in [1.82, 2.24) is 10.2 Å². The van der Waals surface area contributed by atoms with E-state index in [9.17, 15) is 0 Å². The summed E-state index contributed by atoms with van der Waals surface area (Å²) < 4.78 is 0. The maximum Gasteiger partial charge on any atom is 0.206 e. The monoisotopic (exact) mass is 226 g/mol. The van der Waals surface area contributed by atoms with Gasteiger partial charge in [0.15, 0.2) is 0 Å². The number of aryl methyl sites for hydroxylation is 1. The van der Waals surface area contributed by atoms with Gasteiger partial charge in [-0.2, -0.15) is 0 Å². The van der Waals surface area contributed by atoms with Crippen LogP contribution in [-0.2, 0) is 0 Å². The van der Waals surface area contributed by atoms with Gasteiger partial charge in [0.2, 0.25) is 5.13 Å². The van der Waals surface area contributed by atoms with E-state index in [1.165, 1.54) is 19.3 Å². The molecule has 1 fully saturated rings. The number of hydrogen-bond acceptors (Lipinski definition) is 5. The fraction of sp³-hybridized carbons (Fsp3) is 0.800. The first kappa shape index (κ1) is 10.8. The molecule has 5 heteroatoms. The molecule has 3 N–H and O–H groups in total. The topological polar surface area (TPSA) is 63.8 Å². The third kappa shape index (κ3) is 2.46. The Bertz CT molecular complexity index is 317. The van der Waals surface area contributed by atoms with Gasteiger partial charge in [-0.15, -0.1) is 10.2 Å². The lowest BCUT2D eigenvalue weighted by atomic mass is 9.82. The molecule has 1 heterocycles. The van der Waals surface area contributed by atoms with Gasteiger partial charge in [0.05, 0.1) is 5.54 Å². The normalized spacial score (nSPS) is 20.1. The number of nitrogens with one attached hydrogen (secondary N) is 1. The fourth-order valence-electron chi connectivity index (χ4n) is 2.18. The highest BCUT2D eigenvalue weighted by Crippen LogP contribution is 2.31. The standard InChI is InChI=1S/C10H18N4S/c1-8-13-14-9(15-8)12-10(7-11)5-3-2-4-6-10/h2-7,11H2,1H3,(H,12,14). The Balaban J connectivity index is 2.06. The number of hydrogen-bond donors (Lipinski definition) is 2. The number of aromatic nitrogens is 2. The van der Waals surface area contributed by atoms with E-state index in [0.717, 1.165) is 23.0 Å². The lowest BCUT2D eigenvalue weighted by Gasteiger charge is -2.36. The second-order valence-electron chi connectivity index (χ2n) is 4.30. The van der Waals surface area contributed by atoms with Crippen molar-refractivity contribution >= 4 is 16.5 Å². The average Bonchev–Trinajstić information content (AvgIpc) is 2.65. The van der Waals surface area contributed by atoms with Gasteiger partial charge >= 0.3 is 0 Å². The van der Waals surface area contributed by atoms with E-state index in [1.807, 2.05) is 6.92 Å². The van der Waals surface area contributed by atoms with E-state index in [2.05, 4.69) is 15.5 Å². The van der Waals surface area contributed by atoms with Crippen molar-refractivity contribution in [3.63, 3.8) is 0 Å². The quantitative estimate of drug-likeness (QED) is 0.826. The molecule has 1 saturated carbocycles. The molecule has 0 amide bonds. The highest BCUT2D eigenvalue weighted by Gasteiger charge is 2.31. The zero-order chi connectivity index (χ0) is 10.7. The summed E-state index contributed by atoms with van der Waals surface area (Å²) in [5.74, 6) is 0. The summed E-state index contributed by atoms with van der Waals surface area (Å²) in [6.45, 7) is 2.66. The third-order valence-electron chi connectivity index (χ3n) is 3.10. The van der Waals surface area contributed by atoms with Crippen LogP contribution in [0.15, 0.2) is 0 Å². The van der Waals surface area contributed by atoms with E-state index < -0.39 is 0 Å². The van der Waals surface area contributed by atoms with Crippen LogP contribution in [0.1, 0.15) is 37.1 Å². The average molecular weight is 226 g/mol. The third-order valence-corrected chi connectivity index (χ3v) is 3.85. The molecular formula is C10H18N4S. The second kappa shape index (κ2) is 4.45. The minimum atomic E-state index is 0.0736. The molecule has 0 aliphatic heterocycles. The second-order valence-corrected chi connectivity index (χ2v) is 5.48. The van der Waals surface area contributed by atoms with Gasteiger partial charge in [-0.05, 0) is 19.8 Å². The molecule has 4 nitrogen and oxygen atoms in total. The minimum absolute atomic E-state index is 0.0736. The molecule has 0 bridgehead atoms. The number of nitrogens with two attached hydrogens (primary N) is 1. The van der Waals surface area contributed by atoms with Crippen LogP contribution in [0.5, 0.6) is 0 Å². The molecular weight excluding hydrogens is 208 g/mol. The van der Waals surface area contributed by atoms with Gasteiger partial charge in [-0.1, -0.05) is 30.6 Å². The molecule has 84 valence electrons. The van der Waals surface area contributed by atoms with Crippen LogP contribution in [0.3, 0.4) is 0 Å². The smallest absolute Gasteiger partial charge is 0.206 e. The summed E-state index contributed by atoms with van der Waals surface area (Å²) in [7, 11) is 0. The Morgan fingerprint density at radius 1 is 1.33 bits per heavy atom. The van der Waals surface area contributed by atoms with E-state index in [4.69, 9.17) is 5.73 Å². The lowest BCUT2D eigenvalue weighted by molar-refractivity contribution is 0.330. The molecule has 15 heavy (non-hydrogen) atoms. The first-order chi connectivity index (χ1) is 7.24. The van der Waals surface area contributed by atoms with Crippen molar-refractivity contribution in [1.29, 1.82) is 0 Å². The Morgan fingerprint density at radius 2 is 2.07 bits per heavy atom. The zero-order valence-electron chi connectivity index (χ0n) is 9.12. The first-order valence-corrected chi connectivity index (χ1v) is 6.34. The van der Waals surface area contributed by atoms with Crippen molar-refractivity contribution < 1.29 is 0 Å². The Hall–Kier alpha value is -0.680. The van der Waals surface area contributed by atoms with Crippen molar-refractivity contribution in [3.8, 4) is 0 Å². The summed E-state index contributed by atoms with van der Waals surface area (Å²) in [4.78, 5) is 0. The van der Waals surface area contributed by atoms with E-state index in [1.54, 1.807) is 11.3 Å². The molecule has 1 aromatic heterocycles. The van der Waals surface area contributed by atoms with Crippen molar-refractivity contribution in [3.05, 3.63) is 5.01 Å². The number of rotatable bonds is 3. The lowest BCUT2D eigenvalue weighted by Crippen LogP contribution is -2.46. The highest BCUT2D eigenvalue weighted by molar-refractivity contribution is 7.15. The maximum absolute atomic E-state index is 5.89. The molecule has 1 aromatic rings. The van der Waals surface area contributed by atoms with Crippen LogP contribution in [0.4, 0.5) is 5.13 Å². The van der Waals surface area contributed by atoms with Crippen molar-refractivity contribution in [2.24, 2.45) is 5.73 Å². The van der Waals surface area contributed by atoms with Gasteiger partial charge < -0.3 is 11.1 Å². The molecule has 0 unspecified atom stereocenters. The SMILES string of the molecule is Cc1nnc(NC2(CN)CCCCC2)s1. The molecule has 1 aliphatic carbocycles. The Kier molecular flexibility index (Phi) is 3.21. The minimum Gasteiger partial charge on any atom is -0.353 e. The Labute approximate surface area is 94.3 Å². The molecule has 2 rings (SSSR count). The van der Waals surface area contributed by atoms with Crippen LogP contribution in [0.2, 0.25) is 0 Å². The molecule has 0 atom stereocenters. The molecule has 0 radical (unpaired) electrons. The summed E-state index contributed by atoms with van der Waals surface area (Å²) in [6.07, 6.45) is 6.17. The van der Waals surface area contributed by atoms with Crippen LogP contribution in [0, 0.1) is 6.92 Å². The molecule has 0 aromatic carbocycles. The summed E-state index contributed by atoms with van der Waals surface area (Å²) in [5.41, 5.74) is 5.96. The molecule has 1 aliphatic rings. The van der Waals surface area contributed by atoms with Crippen LogP contribution < -0.4 is 11.1 Å². The summed E-state index contributed by atoms with van der Waals surface area (Å²) >= 11 is 1.61. The van der Waals surface area contributed by atoms with Crippen LogP contribution in [-0.4, -0.2) is 22.3 Å². The van der Waals surface area contributed by atoms with E-state index in [-0.39, 0.29) is 5.54 Å². The molecule has 0 saturated heterocycles.